The molecule has 1 unspecified atom stereocenters. The minimum absolute atomic E-state index is 0.00212. The smallest absolute Gasteiger partial charge is 0.271 e. The molecule has 64 heavy (non-hydrogen) atoms. The number of carbonyl (C=O) groups excluding carboxylic acids is 5. The lowest BCUT2D eigenvalue weighted by atomic mass is 9.95. The highest BCUT2D eigenvalue weighted by Crippen LogP contribution is 2.39. The van der Waals surface area contributed by atoms with Crippen molar-refractivity contribution in [2.45, 2.75) is 70.0 Å². The normalized spacial score (nSPS) is 21.8. The maximum atomic E-state index is 15.0. The van der Waals surface area contributed by atoms with Gasteiger partial charge in [0.05, 0.1) is 35.3 Å². The van der Waals surface area contributed by atoms with E-state index in [0.29, 0.717) is 73.3 Å². The molecule has 0 radical (unpaired) electrons. The van der Waals surface area contributed by atoms with Gasteiger partial charge in [0, 0.05) is 108 Å². The first-order valence-electron chi connectivity index (χ1n) is 22.5. The molecule has 5 saturated heterocycles. The molecular weight excluding hydrogens is 826 g/mol. The van der Waals surface area contributed by atoms with Gasteiger partial charge < -0.3 is 40.5 Å². The Morgan fingerprint density at radius 2 is 1.61 bits per heavy atom. The summed E-state index contributed by atoms with van der Waals surface area (Å²) in [4.78, 5) is 83.4. The van der Waals surface area contributed by atoms with Gasteiger partial charge in [0.1, 0.15) is 17.6 Å². The van der Waals surface area contributed by atoms with Crippen molar-refractivity contribution in [3.63, 3.8) is 0 Å². The minimum atomic E-state index is -1.15. The number of primary amides is 1. The third-order valence-electron chi connectivity index (χ3n) is 13.6. The van der Waals surface area contributed by atoms with Crippen molar-refractivity contribution in [3.8, 4) is 5.75 Å². The fourth-order valence-electron chi connectivity index (χ4n) is 10.1. The first-order valence-corrected chi connectivity index (χ1v) is 22.5. The topological polar surface area (TPSA) is 208 Å². The van der Waals surface area contributed by atoms with Gasteiger partial charge in [0.2, 0.25) is 11.8 Å². The van der Waals surface area contributed by atoms with Crippen molar-refractivity contribution < 1.29 is 37.8 Å². The average molecular weight is 882 g/mol. The predicted molar refractivity (Wildman–Crippen MR) is 236 cm³/mol. The van der Waals surface area contributed by atoms with Crippen LogP contribution in [0.4, 0.5) is 33.1 Å². The van der Waals surface area contributed by atoms with Crippen LogP contribution in [0.5, 0.6) is 5.75 Å². The van der Waals surface area contributed by atoms with Crippen LogP contribution < -0.4 is 36.2 Å². The quantitative estimate of drug-likeness (QED) is 0.182. The number of ether oxygens (including phenoxy) is 2. The van der Waals surface area contributed by atoms with Gasteiger partial charge in [-0.05, 0) is 62.8 Å². The summed E-state index contributed by atoms with van der Waals surface area (Å²) in [6.45, 7) is 11.2. The number of piperazine rings is 1. The van der Waals surface area contributed by atoms with E-state index in [0.717, 1.165) is 82.1 Å². The van der Waals surface area contributed by atoms with Gasteiger partial charge in [-0.2, -0.15) is 0 Å². The highest BCUT2D eigenvalue weighted by atomic mass is 19.1. The number of hydrogen-bond donors (Lipinski definition) is 4. The number of carbonyl (C=O) groups is 5. The second-order valence-electron chi connectivity index (χ2n) is 17.6. The second-order valence-corrected chi connectivity index (χ2v) is 17.6. The van der Waals surface area contributed by atoms with Crippen molar-refractivity contribution in [1.29, 1.82) is 0 Å². The molecule has 0 bridgehead atoms. The molecule has 0 saturated carbocycles. The lowest BCUT2D eigenvalue weighted by Crippen LogP contribution is -2.57. The molecule has 5 N–H and O–H groups in total. The molecule has 0 aliphatic carbocycles. The zero-order valence-corrected chi connectivity index (χ0v) is 36.4. The summed E-state index contributed by atoms with van der Waals surface area (Å²) >= 11 is 0. The number of nitrogens with zero attached hydrogens (tertiary/aromatic N) is 7. The van der Waals surface area contributed by atoms with E-state index in [1.165, 1.54) is 6.07 Å². The molecule has 0 spiro atoms. The number of amides is 5. The summed E-state index contributed by atoms with van der Waals surface area (Å²) in [5, 5.41) is 8.99. The second kappa shape index (κ2) is 18.3. The van der Waals surface area contributed by atoms with Crippen molar-refractivity contribution in [2.24, 2.45) is 11.7 Å². The van der Waals surface area contributed by atoms with Crippen LogP contribution in [0.25, 0.3) is 0 Å². The lowest BCUT2D eigenvalue weighted by molar-refractivity contribution is -0.136. The zero-order chi connectivity index (χ0) is 44.6. The molecule has 2 aromatic carbocycles. The maximum absolute atomic E-state index is 15.0. The van der Waals surface area contributed by atoms with Gasteiger partial charge in [0.15, 0.2) is 17.3 Å². The number of methoxy groups -OCH3 is 1. The molecule has 6 aliphatic heterocycles. The maximum Gasteiger partial charge on any atom is 0.271 e. The molecule has 9 rings (SSSR count). The standard InChI is InChI=1S/C45H56FN11O7/c1-3-31-41(48-27-12-20-64-21-13-27)52-42(39(50-31)40(47)59)49-28-4-6-32(35(22-28)63-2)55-14-10-29(11-15-55)54-18-16-53(17-19-54)23-26-24-56(25-26)33-7-5-30(46)37-38(33)45(62)57(44(37)61)34-8-9-36(58)51-43(34)60/h4-7,22,26-27,29,34H,3,8-21,23-25H2,1-2H3,(H2,47,59)(H2,48,49,52)(H,51,58,60). The summed E-state index contributed by atoms with van der Waals surface area (Å²) in [6, 6.07) is 8.20. The van der Waals surface area contributed by atoms with E-state index in [4.69, 9.17) is 20.2 Å². The summed E-state index contributed by atoms with van der Waals surface area (Å²) in [5.74, 6) is -2.19. The molecule has 7 heterocycles. The fraction of sp³-hybridized carbons (Fsp3) is 0.533. The molecule has 340 valence electrons. The summed E-state index contributed by atoms with van der Waals surface area (Å²) in [7, 11) is 1.66. The molecule has 1 atom stereocenters. The Bertz CT molecular complexity index is 2320. The number of hydrogen-bond acceptors (Lipinski definition) is 15. The number of aryl methyl sites for hydroxylation is 1. The Morgan fingerprint density at radius 3 is 2.30 bits per heavy atom. The Balaban J connectivity index is 0.760. The van der Waals surface area contributed by atoms with Crippen LogP contribution in [0.3, 0.4) is 0 Å². The Labute approximate surface area is 371 Å². The first-order chi connectivity index (χ1) is 31.0. The number of benzene rings is 2. The number of halogens is 1. The SMILES string of the molecule is CCc1nc(C(N)=O)c(Nc2ccc(N3CCC(N4CCN(CC5CN(c6ccc(F)c7c6C(=O)N(C6CCC(=O)NC6=O)C7=O)C5)CC4)CC3)c(OC)c2)nc1NC1CCOCC1. The van der Waals surface area contributed by atoms with Gasteiger partial charge in [-0.15, -0.1) is 0 Å². The van der Waals surface area contributed by atoms with E-state index in [2.05, 4.69) is 35.6 Å². The summed E-state index contributed by atoms with van der Waals surface area (Å²) in [6.07, 6.45) is 4.37. The van der Waals surface area contributed by atoms with Crippen LogP contribution in [-0.4, -0.2) is 152 Å². The van der Waals surface area contributed by atoms with Crippen LogP contribution in [-0.2, 0) is 20.7 Å². The Morgan fingerprint density at radius 1 is 0.891 bits per heavy atom. The third-order valence-corrected chi connectivity index (χ3v) is 13.6. The average Bonchev–Trinajstić information content (AvgIpc) is 3.55. The van der Waals surface area contributed by atoms with E-state index in [-0.39, 0.29) is 41.5 Å². The van der Waals surface area contributed by atoms with E-state index in [1.807, 2.05) is 30.0 Å². The van der Waals surface area contributed by atoms with E-state index < -0.39 is 41.4 Å². The van der Waals surface area contributed by atoms with Gasteiger partial charge in [-0.1, -0.05) is 6.92 Å². The van der Waals surface area contributed by atoms with E-state index in [1.54, 1.807) is 13.2 Å². The highest BCUT2D eigenvalue weighted by molar-refractivity contribution is 6.25. The number of imide groups is 2. The number of nitrogens with one attached hydrogen (secondary N) is 3. The molecule has 18 nitrogen and oxygen atoms in total. The zero-order valence-electron chi connectivity index (χ0n) is 36.4. The molecule has 5 amide bonds. The van der Waals surface area contributed by atoms with Gasteiger partial charge in [-0.3, -0.25) is 39.1 Å². The van der Waals surface area contributed by atoms with Crippen LogP contribution in [0.1, 0.15) is 82.3 Å². The molecule has 5 fully saturated rings. The number of piperidine rings is 2. The van der Waals surface area contributed by atoms with Crippen LogP contribution in [0, 0.1) is 11.7 Å². The lowest BCUT2D eigenvalue weighted by Gasteiger charge is -2.47. The minimum Gasteiger partial charge on any atom is -0.495 e. The van der Waals surface area contributed by atoms with Gasteiger partial charge >= 0.3 is 0 Å². The van der Waals surface area contributed by atoms with Crippen LogP contribution >= 0.6 is 0 Å². The van der Waals surface area contributed by atoms with Crippen LogP contribution in [0.2, 0.25) is 0 Å². The monoisotopic (exact) mass is 881 g/mol. The Kier molecular flexibility index (Phi) is 12.4. The van der Waals surface area contributed by atoms with Crippen molar-refractivity contribution in [1.82, 2.24) is 30.0 Å². The fourth-order valence-corrected chi connectivity index (χ4v) is 10.1. The van der Waals surface area contributed by atoms with Gasteiger partial charge in [-0.25, -0.2) is 14.4 Å². The van der Waals surface area contributed by atoms with E-state index >= 15 is 4.39 Å². The number of fused-ring (bicyclic) bond motifs is 1. The number of rotatable bonds is 13. The molecule has 3 aromatic rings. The van der Waals surface area contributed by atoms with Crippen molar-refractivity contribution in [2.75, 3.05) is 99.7 Å². The third kappa shape index (κ3) is 8.55. The van der Waals surface area contributed by atoms with Crippen molar-refractivity contribution in [3.05, 3.63) is 58.7 Å². The number of aromatic nitrogens is 2. The molecule has 6 aliphatic rings. The largest absolute Gasteiger partial charge is 0.495 e. The number of anilines is 5. The van der Waals surface area contributed by atoms with Gasteiger partial charge in [0.25, 0.3) is 17.7 Å². The molecule has 19 heteroatoms. The molecular formula is C45H56FN11O7. The highest BCUT2D eigenvalue weighted by Gasteiger charge is 2.48. The summed E-state index contributed by atoms with van der Waals surface area (Å²) in [5.41, 5.74) is 8.44. The number of nitrogens with two attached hydrogens (primary N) is 1. The predicted octanol–water partition coefficient (Wildman–Crippen LogP) is 2.74. The van der Waals surface area contributed by atoms with E-state index in [9.17, 15) is 24.0 Å². The molecule has 1 aromatic heterocycles. The Hall–Kier alpha value is -5.92. The summed E-state index contributed by atoms with van der Waals surface area (Å²) < 4.78 is 26.4. The first kappa shape index (κ1) is 43.3. The van der Waals surface area contributed by atoms with Crippen molar-refractivity contribution >= 4 is 58.2 Å². The van der Waals surface area contributed by atoms with Crippen LogP contribution in [0.15, 0.2) is 30.3 Å².